The van der Waals surface area contributed by atoms with Crippen molar-refractivity contribution in [2.45, 2.75) is 19.8 Å². The number of rotatable bonds is 35. The summed E-state index contributed by atoms with van der Waals surface area (Å²) in [4.78, 5) is 38.0. The van der Waals surface area contributed by atoms with Crippen LogP contribution in [0.15, 0.2) is 48.5 Å². The van der Waals surface area contributed by atoms with Crippen LogP contribution in [0.2, 0.25) is 0 Å². The number of carbonyl (C=O) groups excluding carboxylic acids is 3. The van der Waals surface area contributed by atoms with Gasteiger partial charge in [-0.15, -0.1) is 0 Å². The third kappa shape index (κ3) is 19.2. The summed E-state index contributed by atoms with van der Waals surface area (Å²) in [6, 6.07) is 14.1. The topological polar surface area (TPSA) is 159 Å². The van der Waals surface area contributed by atoms with Gasteiger partial charge in [-0.2, -0.15) is 0 Å². The van der Waals surface area contributed by atoms with Crippen molar-refractivity contribution >= 4 is 23.5 Å². The highest BCUT2D eigenvalue weighted by Crippen LogP contribution is 2.21. The van der Waals surface area contributed by atoms with Gasteiger partial charge >= 0.3 is 5.97 Å². The first-order valence-electron chi connectivity index (χ1n) is 18.8. The fourth-order valence-corrected chi connectivity index (χ4v) is 4.87. The molecular formula is C39H58N2O13. The summed E-state index contributed by atoms with van der Waals surface area (Å²) in [6.07, 6.45) is 2.23. The maximum atomic E-state index is 12.3. The molecule has 15 heteroatoms. The molecule has 0 aliphatic carbocycles. The van der Waals surface area contributed by atoms with Crippen molar-refractivity contribution in [1.29, 1.82) is 0 Å². The number of hydrogen-bond donors (Lipinski definition) is 1. The van der Waals surface area contributed by atoms with Gasteiger partial charge in [0, 0.05) is 12.2 Å². The second-order valence-electron chi connectivity index (χ2n) is 11.8. The van der Waals surface area contributed by atoms with Crippen LogP contribution < -0.4 is 5.32 Å². The maximum absolute atomic E-state index is 12.3. The molecule has 54 heavy (non-hydrogen) atoms. The Bertz CT molecular complexity index is 1260. The van der Waals surface area contributed by atoms with Crippen molar-refractivity contribution < 1.29 is 61.8 Å². The number of unbranched alkanes of at least 4 members (excludes halogenated alkanes) is 1. The van der Waals surface area contributed by atoms with Crippen LogP contribution in [0.3, 0.4) is 0 Å². The van der Waals surface area contributed by atoms with Crippen LogP contribution in [0, 0.1) is 0 Å². The first-order valence-corrected chi connectivity index (χ1v) is 18.8. The lowest BCUT2D eigenvalue weighted by atomic mass is 10.1. The van der Waals surface area contributed by atoms with Gasteiger partial charge < -0.3 is 52.7 Å². The summed E-state index contributed by atoms with van der Waals surface area (Å²) in [5.41, 5.74) is 2.38. The Morgan fingerprint density at radius 3 is 1.28 bits per heavy atom. The van der Waals surface area contributed by atoms with Crippen molar-refractivity contribution in [2.75, 3.05) is 144 Å². The standard InChI is InChI=1S/C39H58N2O13/c1-2-3-12-40-34-10-8-33(9-11-34)39(44)54-32-31-53-30-29-52-28-27-51-26-25-50-24-23-49-22-21-48-20-19-47-18-17-46-16-15-45-14-13-41-37(42)35-6-4-5-7-36(35)38(41)43/h4-11,40H,2-3,12-32H2,1H3. The zero-order valence-corrected chi connectivity index (χ0v) is 31.6. The van der Waals surface area contributed by atoms with Crippen molar-refractivity contribution in [3.05, 3.63) is 65.2 Å². The first-order chi connectivity index (χ1) is 26.6. The zero-order valence-electron chi connectivity index (χ0n) is 31.6. The highest BCUT2D eigenvalue weighted by atomic mass is 16.6. The summed E-state index contributed by atoms with van der Waals surface area (Å²) in [7, 11) is 0. The molecule has 0 unspecified atom stereocenters. The van der Waals surface area contributed by atoms with Crippen LogP contribution in [0.5, 0.6) is 0 Å². The number of imide groups is 1. The Kier molecular flexibility index (Phi) is 24.8. The summed E-state index contributed by atoms with van der Waals surface area (Å²) < 4.78 is 54.6. The van der Waals surface area contributed by atoms with Crippen LogP contribution in [0.4, 0.5) is 5.69 Å². The predicted octanol–water partition coefficient (Wildman–Crippen LogP) is 3.50. The third-order valence-corrected chi connectivity index (χ3v) is 7.75. The monoisotopic (exact) mass is 762 g/mol. The lowest BCUT2D eigenvalue weighted by Gasteiger charge is -2.13. The van der Waals surface area contributed by atoms with E-state index >= 15 is 0 Å². The van der Waals surface area contributed by atoms with E-state index in [9.17, 15) is 14.4 Å². The number of fused-ring (bicyclic) bond motifs is 1. The smallest absolute Gasteiger partial charge is 0.338 e. The van der Waals surface area contributed by atoms with Crippen molar-refractivity contribution in [1.82, 2.24) is 4.90 Å². The van der Waals surface area contributed by atoms with E-state index in [2.05, 4.69) is 12.2 Å². The molecule has 2 amide bonds. The molecule has 0 radical (unpaired) electrons. The molecule has 3 rings (SSSR count). The van der Waals surface area contributed by atoms with Gasteiger partial charge in [0.1, 0.15) is 6.61 Å². The van der Waals surface area contributed by atoms with Crippen LogP contribution >= 0.6 is 0 Å². The molecule has 0 fully saturated rings. The van der Waals surface area contributed by atoms with E-state index in [1.54, 1.807) is 36.4 Å². The molecular weight excluding hydrogens is 704 g/mol. The largest absolute Gasteiger partial charge is 0.460 e. The molecule has 302 valence electrons. The lowest BCUT2D eigenvalue weighted by molar-refractivity contribution is -0.0260. The fourth-order valence-electron chi connectivity index (χ4n) is 4.87. The van der Waals surface area contributed by atoms with Crippen LogP contribution in [0.25, 0.3) is 0 Å². The normalized spacial score (nSPS) is 12.4. The molecule has 1 aliphatic rings. The SMILES string of the molecule is CCCCNc1ccc(C(=O)OCCOCCOCCOCCOCCOCCOCCOCCOCCOCCN2C(=O)c3ccccc3C2=O)cc1. The van der Waals surface area contributed by atoms with Gasteiger partial charge in [0.2, 0.25) is 0 Å². The molecule has 0 aromatic heterocycles. The minimum absolute atomic E-state index is 0.181. The zero-order chi connectivity index (χ0) is 38.3. The molecule has 2 aromatic carbocycles. The van der Waals surface area contributed by atoms with Crippen LogP contribution in [-0.2, 0) is 47.4 Å². The van der Waals surface area contributed by atoms with E-state index in [1.165, 1.54) is 4.90 Å². The number of amides is 2. The van der Waals surface area contributed by atoms with Crippen LogP contribution in [-0.4, -0.2) is 161 Å². The second kappa shape index (κ2) is 29.8. The quantitative estimate of drug-likeness (QED) is 0.0618. The Hall–Kier alpha value is -3.51. The van der Waals surface area contributed by atoms with Gasteiger partial charge in [-0.1, -0.05) is 25.5 Å². The van der Waals surface area contributed by atoms with E-state index in [4.69, 9.17) is 47.4 Å². The highest BCUT2D eigenvalue weighted by molar-refractivity contribution is 6.21. The summed E-state index contributed by atoms with van der Waals surface area (Å²) >= 11 is 0. The van der Waals surface area contributed by atoms with Gasteiger partial charge in [-0.05, 0) is 42.8 Å². The second-order valence-corrected chi connectivity index (χ2v) is 11.8. The molecule has 1 N–H and O–H groups in total. The number of carbonyl (C=O) groups is 3. The van der Waals surface area contributed by atoms with Gasteiger partial charge in [0.25, 0.3) is 11.8 Å². The molecule has 1 heterocycles. The first kappa shape index (κ1) is 44.9. The minimum Gasteiger partial charge on any atom is -0.460 e. The van der Waals surface area contributed by atoms with Gasteiger partial charge in [-0.25, -0.2) is 4.79 Å². The number of ether oxygens (including phenoxy) is 10. The number of esters is 1. The van der Waals surface area contributed by atoms with Gasteiger partial charge in [-0.3, -0.25) is 14.5 Å². The molecule has 0 saturated carbocycles. The number of benzene rings is 2. The molecule has 15 nitrogen and oxygen atoms in total. The molecule has 1 aliphatic heterocycles. The van der Waals surface area contributed by atoms with Crippen molar-refractivity contribution in [3.8, 4) is 0 Å². The summed E-state index contributed by atoms with van der Waals surface area (Å²) in [5.74, 6) is -0.932. The Morgan fingerprint density at radius 2 is 0.889 bits per heavy atom. The number of hydrogen-bond acceptors (Lipinski definition) is 14. The maximum Gasteiger partial charge on any atom is 0.338 e. The summed E-state index contributed by atoms with van der Waals surface area (Å²) in [5, 5.41) is 3.31. The molecule has 0 spiro atoms. The molecule has 0 saturated heterocycles. The Morgan fingerprint density at radius 1 is 0.519 bits per heavy atom. The van der Waals surface area contributed by atoms with Crippen LogP contribution in [0.1, 0.15) is 50.8 Å². The average Bonchev–Trinajstić information content (AvgIpc) is 3.43. The van der Waals surface area contributed by atoms with Crippen molar-refractivity contribution in [2.24, 2.45) is 0 Å². The number of anilines is 1. The van der Waals surface area contributed by atoms with Crippen molar-refractivity contribution in [3.63, 3.8) is 0 Å². The Labute approximate surface area is 318 Å². The minimum atomic E-state index is -0.368. The van der Waals surface area contributed by atoms with E-state index in [0.29, 0.717) is 129 Å². The molecule has 2 aromatic rings. The van der Waals surface area contributed by atoms with E-state index < -0.39 is 0 Å². The van der Waals surface area contributed by atoms with E-state index in [0.717, 1.165) is 25.1 Å². The molecule has 0 atom stereocenters. The lowest BCUT2D eigenvalue weighted by Crippen LogP contribution is -2.33. The van der Waals surface area contributed by atoms with E-state index in [1.807, 2.05) is 12.1 Å². The van der Waals surface area contributed by atoms with Gasteiger partial charge in [0.15, 0.2) is 0 Å². The van der Waals surface area contributed by atoms with Gasteiger partial charge in [0.05, 0.1) is 142 Å². The molecule has 0 bridgehead atoms. The summed E-state index contributed by atoms with van der Waals surface area (Å²) in [6.45, 7) is 11.1. The Balaban J connectivity index is 0.944. The van der Waals surface area contributed by atoms with E-state index in [-0.39, 0.29) is 37.5 Å². The average molecular weight is 763 g/mol. The number of nitrogens with zero attached hydrogens (tertiary/aromatic N) is 1. The fraction of sp³-hybridized carbons (Fsp3) is 0.615. The predicted molar refractivity (Wildman–Crippen MR) is 199 cm³/mol. The number of nitrogens with one attached hydrogen (secondary N) is 1. The highest BCUT2D eigenvalue weighted by Gasteiger charge is 2.34. The third-order valence-electron chi connectivity index (χ3n) is 7.75.